The van der Waals surface area contributed by atoms with Crippen LogP contribution in [0.5, 0.6) is 0 Å². The quantitative estimate of drug-likeness (QED) is 0.603. The van der Waals surface area contributed by atoms with Crippen LogP contribution in [0.15, 0.2) is 48.5 Å². The van der Waals surface area contributed by atoms with Crippen LogP contribution >= 0.6 is 0 Å². The van der Waals surface area contributed by atoms with Gasteiger partial charge in [-0.15, -0.1) is 0 Å². The molecular formula is C22H30. The van der Waals surface area contributed by atoms with Crippen LogP contribution in [0, 0.1) is 10.8 Å². The van der Waals surface area contributed by atoms with Gasteiger partial charge in [0.05, 0.1) is 0 Å². The van der Waals surface area contributed by atoms with Gasteiger partial charge in [0.15, 0.2) is 0 Å². The zero-order valence-electron chi connectivity index (χ0n) is 15.0. The van der Waals surface area contributed by atoms with Crippen LogP contribution in [0.3, 0.4) is 0 Å². The molecule has 0 bridgehead atoms. The first-order valence-corrected chi connectivity index (χ1v) is 8.31. The van der Waals surface area contributed by atoms with Crippen LogP contribution in [0.25, 0.3) is 11.1 Å². The van der Waals surface area contributed by atoms with Crippen molar-refractivity contribution < 1.29 is 0 Å². The monoisotopic (exact) mass is 294 g/mol. The highest BCUT2D eigenvalue weighted by atomic mass is 14.2. The topological polar surface area (TPSA) is 0 Å². The molecule has 2 aromatic carbocycles. The maximum absolute atomic E-state index is 2.41. The molecule has 2 aromatic rings. The maximum atomic E-state index is 2.41. The Balaban J connectivity index is 2.44. The molecule has 0 radical (unpaired) electrons. The second kappa shape index (κ2) is 6.28. The number of rotatable bonds is 3. The van der Waals surface area contributed by atoms with E-state index in [0.29, 0.717) is 10.8 Å². The first-order valence-electron chi connectivity index (χ1n) is 8.31. The molecule has 118 valence electrons. The second-order valence-corrected chi connectivity index (χ2v) is 8.88. The first-order chi connectivity index (χ1) is 10.1. The summed E-state index contributed by atoms with van der Waals surface area (Å²) in [6, 6.07) is 17.9. The SMILES string of the molecule is CC(C)(C)Cc1cc(CC(C)(C)C)cc(-c2ccccc2)c1. The molecule has 22 heavy (non-hydrogen) atoms. The molecule has 0 aliphatic rings. The summed E-state index contributed by atoms with van der Waals surface area (Å²) in [6.45, 7) is 13.9. The maximum Gasteiger partial charge on any atom is -0.0179 e. The lowest BCUT2D eigenvalue weighted by atomic mass is 9.83. The average molecular weight is 294 g/mol. The van der Waals surface area contributed by atoms with E-state index in [1.54, 1.807) is 0 Å². The van der Waals surface area contributed by atoms with Crippen molar-refractivity contribution in [2.75, 3.05) is 0 Å². The minimum Gasteiger partial charge on any atom is -0.0622 e. The molecule has 0 amide bonds. The highest BCUT2D eigenvalue weighted by Crippen LogP contribution is 2.29. The molecule has 0 aliphatic heterocycles. The zero-order valence-corrected chi connectivity index (χ0v) is 15.0. The largest absolute Gasteiger partial charge is 0.0622 e. The van der Waals surface area contributed by atoms with Crippen LogP contribution in [0.4, 0.5) is 0 Å². The molecule has 0 saturated heterocycles. The van der Waals surface area contributed by atoms with Crippen LogP contribution in [0.2, 0.25) is 0 Å². The average Bonchev–Trinajstić information content (AvgIpc) is 2.35. The fraction of sp³-hybridized carbons (Fsp3) is 0.455. The van der Waals surface area contributed by atoms with Crippen LogP contribution in [0.1, 0.15) is 52.7 Å². The molecule has 0 aromatic heterocycles. The van der Waals surface area contributed by atoms with E-state index in [1.165, 1.54) is 22.3 Å². The molecule has 0 saturated carbocycles. The molecule has 0 fully saturated rings. The third-order valence-electron chi connectivity index (χ3n) is 3.63. The molecule has 0 atom stereocenters. The van der Waals surface area contributed by atoms with Crippen molar-refractivity contribution in [1.82, 2.24) is 0 Å². The van der Waals surface area contributed by atoms with Crippen molar-refractivity contribution in [3.05, 3.63) is 59.7 Å². The Kier molecular flexibility index (Phi) is 4.80. The Hall–Kier alpha value is -1.56. The van der Waals surface area contributed by atoms with Gasteiger partial charge in [0, 0.05) is 0 Å². The van der Waals surface area contributed by atoms with E-state index in [2.05, 4.69) is 90.1 Å². The van der Waals surface area contributed by atoms with Crippen molar-refractivity contribution >= 4 is 0 Å². The Morgan fingerprint density at radius 3 is 1.45 bits per heavy atom. The zero-order chi connectivity index (χ0) is 16.4. The van der Waals surface area contributed by atoms with E-state index >= 15 is 0 Å². The van der Waals surface area contributed by atoms with Gasteiger partial charge in [0.1, 0.15) is 0 Å². The van der Waals surface area contributed by atoms with Crippen LogP contribution in [-0.4, -0.2) is 0 Å². The van der Waals surface area contributed by atoms with Crippen molar-refractivity contribution in [1.29, 1.82) is 0 Å². The summed E-state index contributed by atoms with van der Waals surface area (Å²) >= 11 is 0. The van der Waals surface area contributed by atoms with Gasteiger partial charge < -0.3 is 0 Å². The summed E-state index contributed by atoms with van der Waals surface area (Å²) in [5.74, 6) is 0. The van der Waals surface area contributed by atoms with Crippen LogP contribution < -0.4 is 0 Å². The summed E-state index contributed by atoms with van der Waals surface area (Å²) in [6.07, 6.45) is 2.23. The summed E-state index contributed by atoms with van der Waals surface area (Å²) in [5, 5.41) is 0. The fourth-order valence-corrected chi connectivity index (χ4v) is 2.99. The second-order valence-electron chi connectivity index (χ2n) is 8.88. The standard InChI is InChI=1S/C22H30/c1-21(2,3)15-17-12-18(16-22(4,5)6)14-20(13-17)19-10-8-7-9-11-19/h7-14H,15-16H2,1-6H3. The molecule has 2 rings (SSSR count). The Morgan fingerprint density at radius 1 is 0.591 bits per heavy atom. The van der Waals surface area contributed by atoms with Gasteiger partial charge in [-0.2, -0.15) is 0 Å². The van der Waals surface area contributed by atoms with E-state index in [0.717, 1.165) is 12.8 Å². The molecule has 0 heteroatoms. The number of hydrogen-bond acceptors (Lipinski definition) is 0. The molecule has 0 N–H and O–H groups in total. The lowest BCUT2D eigenvalue weighted by molar-refractivity contribution is 0.406. The van der Waals surface area contributed by atoms with Gasteiger partial charge >= 0.3 is 0 Å². The third-order valence-corrected chi connectivity index (χ3v) is 3.63. The van der Waals surface area contributed by atoms with Crippen molar-refractivity contribution in [2.24, 2.45) is 10.8 Å². The minimum absolute atomic E-state index is 0.314. The van der Waals surface area contributed by atoms with E-state index in [-0.39, 0.29) is 0 Å². The lowest BCUT2D eigenvalue weighted by Gasteiger charge is -2.22. The van der Waals surface area contributed by atoms with E-state index in [4.69, 9.17) is 0 Å². The van der Waals surface area contributed by atoms with Gasteiger partial charge in [-0.05, 0) is 45.9 Å². The molecule has 0 spiro atoms. The summed E-state index contributed by atoms with van der Waals surface area (Å²) in [5.41, 5.74) is 6.19. The highest BCUT2D eigenvalue weighted by molar-refractivity contribution is 5.65. The predicted octanol–water partition coefficient (Wildman–Crippen LogP) is 6.53. The lowest BCUT2D eigenvalue weighted by Crippen LogP contribution is -2.12. The van der Waals surface area contributed by atoms with Gasteiger partial charge in [-0.3, -0.25) is 0 Å². The highest BCUT2D eigenvalue weighted by Gasteiger charge is 2.16. The minimum atomic E-state index is 0.314. The summed E-state index contributed by atoms with van der Waals surface area (Å²) in [7, 11) is 0. The number of hydrogen-bond donors (Lipinski definition) is 0. The predicted molar refractivity (Wildman–Crippen MR) is 98.2 cm³/mol. The molecule has 0 heterocycles. The van der Waals surface area contributed by atoms with Crippen molar-refractivity contribution in [3.8, 4) is 11.1 Å². The Labute approximate surface area is 136 Å². The molecule has 0 nitrogen and oxygen atoms in total. The normalized spacial score (nSPS) is 12.5. The van der Waals surface area contributed by atoms with Crippen molar-refractivity contribution in [3.63, 3.8) is 0 Å². The number of benzene rings is 2. The third kappa shape index (κ3) is 5.33. The van der Waals surface area contributed by atoms with E-state index < -0.39 is 0 Å². The molecule has 0 unspecified atom stereocenters. The summed E-state index contributed by atoms with van der Waals surface area (Å²) < 4.78 is 0. The molecule has 0 aliphatic carbocycles. The smallest absolute Gasteiger partial charge is 0.0179 e. The Morgan fingerprint density at radius 2 is 1.05 bits per heavy atom. The first kappa shape index (κ1) is 16.8. The van der Waals surface area contributed by atoms with Gasteiger partial charge in [-0.1, -0.05) is 90.1 Å². The fourth-order valence-electron chi connectivity index (χ4n) is 2.99. The van der Waals surface area contributed by atoms with Gasteiger partial charge in [0.2, 0.25) is 0 Å². The Bertz CT molecular complexity index is 572. The van der Waals surface area contributed by atoms with Crippen molar-refractivity contribution in [2.45, 2.75) is 54.4 Å². The van der Waals surface area contributed by atoms with Gasteiger partial charge in [-0.25, -0.2) is 0 Å². The van der Waals surface area contributed by atoms with E-state index in [9.17, 15) is 0 Å². The van der Waals surface area contributed by atoms with Crippen LogP contribution in [-0.2, 0) is 12.8 Å². The van der Waals surface area contributed by atoms with Gasteiger partial charge in [0.25, 0.3) is 0 Å². The summed E-state index contributed by atoms with van der Waals surface area (Å²) in [4.78, 5) is 0. The van der Waals surface area contributed by atoms with E-state index in [1.807, 2.05) is 0 Å². The molecular weight excluding hydrogens is 264 g/mol.